The van der Waals surface area contributed by atoms with E-state index in [4.69, 9.17) is 14.2 Å². The number of unbranched alkanes of at least 4 members (excludes halogenated alkanes) is 13. The Morgan fingerprint density at radius 2 is 1.04 bits per heavy atom. The lowest BCUT2D eigenvalue weighted by Gasteiger charge is -2.34. The number of carbonyl (C=O) groups is 3. The third-order valence-corrected chi connectivity index (χ3v) is 9.14. The molecule has 0 aliphatic rings. The van der Waals surface area contributed by atoms with Gasteiger partial charge in [-0.25, -0.2) is 0 Å². The molecule has 0 aromatic carbocycles. The van der Waals surface area contributed by atoms with Crippen molar-refractivity contribution in [2.45, 2.75) is 174 Å². The summed E-state index contributed by atoms with van der Waals surface area (Å²) in [5.74, 6) is -1.78. The second kappa shape index (κ2) is 37.0. The van der Waals surface area contributed by atoms with Crippen LogP contribution in [0, 0.1) is 0 Å². The second-order valence-corrected chi connectivity index (χ2v) is 15.2. The highest BCUT2D eigenvalue weighted by Crippen LogP contribution is 2.12. The predicted octanol–water partition coefficient (Wildman–Crippen LogP) is 10.1. The first-order valence-corrected chi connectivity index (χ1v) is 21.3. The molecule has 0 amide bonds. The van der Waals surface area contributed by atoms with E-state index in [1.807, 2.05) is 0 Å². The quantitative estimate of drug-likeness (QED) is 0.0269. The predicted molar refractivity (Wildman–Crippen MR) is 222 cm³/mol. The number of hydrogen-bond donors (Lipinski definition) is 0. The molecule has 0 heterocycles. The Labute approximate surface area is 330 Å². The number of hydrogen-bond acceptors (Lipinski definition) is 7. The number of carboxylic acid groups (broad SMARTS) is 1. The molecule has 0 radical (unpaired) electrons. The van der Waals surface area contributed by atoms with E-state index in [9.17, 15) is 19.5 Å². The first-order chi connectivity index (χ1) is 26.1. The van der Waals surface area contributed by atoms with Gasteiger partial charge in [0.2, 0.25) is 0 Å². The average Bonchev–Trinajstić information content (AvgIpc) is 3.12. The van der Waals surface area contributed by atoms with Crippen LogP contribution in [-0.2, 0) is 28.6 Å². The number of quaternary nitrogens is 1. The van der Waals surface area contributed by atoms with Crippen molar-refractivity contribution < 1.29 is 38.2 Å². The molecule has 0 saturated carbocycles. The topological polar surface area (TPSA) is 102 Å². The molecule has 0 fully saturated rings. The molecule has 8 nitrogen and oxygen atoms in total. The highest BCUT2D eigenvalue weighted by atomic mass is 16.6. The standard InChI is InChI=1S/C46H79NO7/c1-6-8-10-12-14-16-18-20-22-24-26-28-30-32-34-36-44(48)53-41-42(40-52-39-38-43(46(50)51)47(3,4)5)54-45(49)37-35-33-31-29-27-25-23-21-19-17-15-13-11-9-7-2/h9,11,14-17,20-23,42-43H,6-8,10,12-13,18-19,24-41H2,1-5H3/b11-9+,16-14+,17-15+,22-20+,23-21+. The molecule has 310 valence electrons. The normalized spacial score (nSPS) is 13.6. The zero-order chi connectivity index (χ0) is 40.0. The fourth-order valence-corrected chi connectivity index (χ4v) is 5.82. The first-order valence-electron chi connectivity index (χ1n) is 21.3. The van der Waals surface area contributed by atoms with Crippen LogP contribution in [0.2, 0.25) is 0 Å². The molecule has 2 atom stereocenters. The fraction of sp³-hybridized carbons (Fsp3) is 0.717. The maximum absolute atomic E-state index is 12.7. The Kier molecular flexibility index (Phi) is 34.9. The van der Waals surface area contributed by atoms with Crippen LogP contribution in [0.25, 0.3) is 0 Å². The Hall–Kier alpha value is -2.97. The van der Waals surface area contributed by atoms with Gasteiger partial charge in [-0.2, -0.15) is 0 Å². The van der Waals surface area contributed by atoms with Gasteiger partial charge in [0.25, 0.3) is 0 Å². The number of likely N-dealkylation sites (N-methyl/N-ethyl adjacent to an activating group) is 1. The molecule has 0 spiro atoms. The van der Waals surface area contributed by atoms with Gasteiger partial charge in [-0.3, -0.25) is 9.59 Å². The molecule has 0 aliphatic carbocycles. The Balaban J connectivity index is 4.43. The number of esters is 2. The van der Waals surface area contributed by atoms with Crippen LogP contribution in [0.3, 0.4) is 0 Å². The third-order valence-electron chi connectivity index (χ3n) is 9.14. The van der Waals surface area contributed by atoms with E-state index in [1.54, 1.807) is 21.1 Å². The minimum atomic E-state index is -1.13. The summed E-state index contributed by atoms with van der Waals surface area (Å²) < 4.78 is 17.1. The summed E-state index contributed by atoms with van der Waals surface area (Å²) in [4.78, 5) is 36.8. The molecule has 0 bridgehead atoms. The van der Waals surface area contributed by atoms with E-state index in [2.05, 4.69) is 74.6 Å². The molecule has 0 aliphatic heterocycles. The van der Waals surface area contributed by atoms with E-state index >= 15 is 0 Å². The minimum absolute atomic E-state index is 0.0266. The molecule has 8 heteroatoms. The summed E-state index contributed by atoms with van der Waals surface area (Å²) in [6.07, 6.45) is 43.8. The molecule has 2 unspecified atom stereocenters. The number of carbonyl (C=O) groups excluding carboxylic acids is 3. The summed E-state index contributed by atoms with van der Waals surface area (Å²) in [6.45, 7) is 4.47. The van der Waals surface area contributed by atoms with Gasteiger partial charge >= 0.3 is 11.9 Å². The lowest BCUT2D eigenvalue weighted by Crippen LogP contribution is -2.55. The minimum Gasteiger partial charge on any atom is -0.544 e. The summed E-state index contributed by atoms with van der Waals surface area (Å²) in [7, 11) is 5.39. The smallest absolute Gasteiger partial charge is 0.306 e. The van der Waals surface area contributed by atoms with Gasteiger partial charge in [0.1, 0.15) is 12.6 Å². The SMILES string of the molecule is CC/C=C/C/C=C/C/C=C/CCCCCCCC(=O)OC(COCCC(C(=O)[O-])[N+](C)(C)C)COC(=O)CCCCCCC/C=C/C/C=C/CCCCC. The van der Waals surface area contributed by atoms with E-state index in [0.717, 1.165) is 103 Å². The van der Waals surface area contributed by atoms with Crippen molar-refractivity contribution in [3.63, 3.8) is 0 Å². The van der Waals surface area contributed by atoms with Crippen molar-refractivity contribution in [3.05, 3.63) is 60.8 Å². The van der Waals surface area contributed by atoms with Crippen molar-refractivity contribution in [1.82, 2.24) is 0 Å². The van der Waals surface area contributed by atoms with Crippen LogP contribution in [0.1, 0.15) is 162 Å². The summed E-state index contributed by atoms with van der Waals surface area (Å²) >= 11 is 0. The van der Waals surface area contributed by atoms with Crippen molar-refractivity contribution in [1.29, 1.82) is 0 Å². The van der Waals surface area contributed by atoms with E-state index < -0.39 is 18.1 Å². The first kappa shape index (κ1) is 51.0. The number of allylic oxidation sites excluding steroid dienone is 10. The van der Waals surface area contributed by atoms with Gasteiger partial charge in [-0.15, -0.1) is 0 Å². The molecule has 0 rings (SSSR count). The lowest BCUT2D eigenvalue weighted by molar-refractivity contribution is -0.889. The zero-order valence-corrected chi connectivity index (χ0v) is 35.1. The second-order valence-electron chi connectivity index (χ2n) is 15.2. The Bertz CT molecular complexity index is 1070. The molecule has 0 aromatic heterocycles. The number of rotatable bonds is 37. The van der Waals surface area contributed by atoms with Gasteiger partial charge < -0.3 is 28.6 Å². The van der Waals surface area contributed by atoms with Crippen molar-refractivity contribution in [3.8, 4) is 0 Å². The number of aliphatic carboxylic acids is 1. The van der Waals surface area contributed by atoms with Crippen molar-refractivity contribution in [2.24, 2.45) is 0 Å². The Morgan fingerprint density at radius 1 is 0.574 bits per heavy atom. The van der Waals surface area contributed by atoms with Gasteiger partial charge in [-0.1, -0.05) is 126 Å². The number of ether oxygens (including phenoxy) is 3. The number of carboxylic acids is 1. The molecule has 0 N–H and O–H groups in total. The van der Waals surface area contributed by atoms with E-state index in [0.29, 0.717) is 12.8 Å². The van der Waals surface area contributed by atoms with Crippen LogP contribution in [0.5, 0.6) is 0 Å². The maximum atomic E-state index is 12.7. The van der Waals surface area contributed by atoms with E-state index in [1.165, 1.54) is 25.7 Å². The van der Waals surface area contributed by atoms with E-state index in [-0.39, 0.29) is 42.7 Å². The van der Waals surface area contributed by atoms with Gasteiger partial charge in [0.05, 0.1) is 40.3 Å². The molecular weight excluding hydrogens is 679 g/mol. The molecule has 54 heavy (non-hydrogen) atoms. The summed E-state index contributed by atoms with van der Waals surface area (Å²) in [6, 6.07) is -0.733. The van der Waals surface area contributed by atoms with Crippen LogP contribution >= 0.6 is 0 Å². The van der Waals surface area contributed by atoms with Gasteiger partial charge in [0.15, 0.2) is 6.10 Å². The molecular formula is C46H79NO7. The molecule has 0 aromatic rings. The summed E-state index contributed by atoms with van der Waals surface area (Å²) in [5, 5.41) is 11.6. The number of nitrogens with zero attached hydrogens (tertiary/aromatic N) is 1. The largest absolute Gasteiger partial charge is 0.544 e. The van der Waals surface area contributed by atoms with Crippen molar-refractivity contribution >= 4 is 17.9 Å². The van der Waals surface area contributed by atoms with Gasteiger partial charge in [0, 0.05) is 19.3 Å². The third kappa shape index (κ3) is 34.8. The molecule has 0 saturated heterocycles. The Morgan fingerprint density at radius 3 is 1.54 bits per heavy atom. The highest BCUT2D eigenvalue weighted by molar-refractivity contribution is 5.70. The highest BCUT2D eigenvalue weighted by Gasteiger charge is 2.25. The average molecular weight is 758 g/mol. The zero-order valence-electron chi connectivity index (χ0n) is 35.1. The lowest BCUT2D eigenvalue weighted by atomic mass is 10.1. The van der Waals surface area contributed by atoms with Gasteiger partial charge in [-0.05, 0) is 77.0 Å². The van der Waals surface area contributed by atoms with Crippen LogP contribution in [-0.4, -0.2) is 75.5 Å². The van der Waals surface area contributed by atoms with Crippen LogP contribution in [0.15, 0.2) is 60.8 Å². The summed E-state index contributed by atoms with van der Waals surface area (Å²) in [5.41, 5.74) is 0. The van der Waals surface area contributed by atoms with Crippen molar-refractivity contribution in [2.75, 3.05) is 41.0 Å². The van der Waals surface area contributed by atoms with Crippen LogP contribution < -0.4 is 5.11 Å². The monoisotopic (exact) mass is 758 g/mol. The fourth-order valence-electron chi connectivity index (χ4n) is 5.82. The van der Waals surface area contributed by atoms with Crippen LogP contribution in [0.4, 0.5) is 0 Å². The maximum Gasteiger partial charge on any atom is 0.306 e.